The fourth-order valence-electron chi connectivity index (χ4n) is 5.10. The summed E-state index contributed by atoms with van der Waals surface area (Å²) in [6, 6.07) is 28.1. The molecule has 0 saturated heterocycles. The van der Waals surface area contributed by atoms with Gasteiger partial charge in [0, 0.05) is 16.1 Å². The van der Waals surface area contributed by atoms with Crippen molar-refractivity contribution in [3.63, 3.8) is 0 Å². The molecule has 0 heterocycles. The first kappa shape index (κ1) is 24.2. The summed E-state index contributed by atoms with van der Waals surface area (Å²) in [7, 11) is -2.50. The van der Waals surface area contributed by atoms with Crippen LogP contribution >= 0.6 is 15.9 Å². The van der Waals surface area contributed by atoms with Crippen LogP contribution in [0.25, 0.3) is 0 Å². The average molecular weight is 524 g/mol. The minimum atomic E-state index is -2.50. The van der Waals surface area contributed by atoms with Crippen LogP contribution in [0.15, 0.2) is 83.3 Å². The zero-order valence-corrected chi connectivity index (χ0v) is 22.8. The van der Waals surface area contributed by atoms with Gasteiger partial charge in [0.2, 0.25) is 0 Å². The second kappa shape index (κ2) is 10.2. The van der Waals surface area contributed by atoms with Crippen LogP contribution in [-0.4, -0.2) is 20.5 Å². The Morgan fingerprint density at radius 3 is 1.76 bits per heavy atom. The Hall–Kier alpha value is -1.88. The minimum absolute atomic E-state index is 0.0104. The molecule has 0 N–H and O–H groups in total. The maximum absolute atomic E-state index is 7.33. The molecule has 0 atom stereocenters. The van der Waals surface area contributed by atoms with Crippen LogP contribution in [0.2, 0.25) is 5.04 Å². The Kier molecular flexibility index (Phi) is 7.47. The van der Waals surface area contributed by atoms with Crippen LogP contribution < -0.4 is 15.1 Å². The molecule has 3 aromatic rings. The molecule has 3 aromatic carbocycles. The van der Waals surface area contributed by atoms with Gasteiger partial charge in [0.1, 0.15) is 5.75 Å². The smallest absolute Gasteiger partial charge is 0.261 e. The van der Waals surface area contributed by atoms with Gasteiger partial charge in [0.15, 0.2) is 0 Å². The first-order valence-electron chi connectivity index (χ1n) is 12.0. The van der Waals surface area contributed by atoms with Gasteiger partial charge in [0.25, 0.3) is 8.32 Å². The van der Waals surface area contributed by atoms with Gasteiger partial charge in [-0.1, -0.05) is 103 Å². The van der Waals surface area contributed by atoms with Crippen molar-refractivity contribution in [2.24, 2.45) is 0 Å². The van der Waals surface area contributed by atoms with Gasteiger partial charge in [-0.3, -0.25) is 0 Å². The summed E-state index contributed by atoms with van der Waals surface area (Å²) in [6.45, 7) is 9.16. The van der Waals surface area contributed by atoms with Gasteiger partial charge in [-0.2, -0.15) is 0 Å². The van der Waals surface area contributed by atoms with Crippen molar-refractivity contribution in [1.29, 1.82) is 0 Å². The molecule has 1 aliphatic rings. The van der Waals surface area contributed by atoms with Crippen molar-refractivity contribution in [3.8, 4) is 5.75 Å². The van der Waals surface area contributed by atoms with Crippen LogP contribution in [0.5, 0.6) is 5.75 Å². The Balaban J connectivity index is 1.56. The number of benzene rings is 3. The molecule has 0 unspecified atom stereocenters. The summed E-state index contributed by atoms with van der Waals surface area (Å²) in [5, 5.41) is 2.72. The molecule has 0 radical (unpaired) electrons. The van der Waals surface area contributed by atoms with E-state index in [2.05, 4.69) is 116 Å². The predicted octanol–water partition coefficient (Wildman–Crippen LogP) is 7.02. The Morgan fingerprint density at radius 1 is 0.727 bits per heavy atom. The van der Waals surface area contributed by atoms with E-state index in [0.29, 0.717) is 0 Å². The summed E-state index contributed by atoms with van der Waals surface area (Å²) in [5.74, 6) is 0.987. The molecule has 0 spiro atoms. The minimum Gasteiger partial charge on any atom is -0.490 e. The topological polar surface area (TPSA) is 18.5 Å². The molecule has 33 heavy (non-hydrogen) atoms. The largest absolute Gasteiger partial charge is 0.490 e. The summed E-state index contributed by atoms with van der Waals surface area (Å²) < 4.78 is 14.8. The van der Waals surface area contributed by atoms with E-state index in [1.807, 2.05) is 6.07 Å². The molecule has 0 aliphatic heterocycles. The Labute approximate surface area is 208 Å². The highest BCUT2D eigenvalue weighted by atomic mass is 79.9. The molecule has 1 aliphatic carbocycles. The fraction of sp³-hybridized carbons (Fsp3) is 0.379. The van der Waals surface area contributed by atoms with E-state index in [1.54, 1.807) is 0 Å². The second-order valence-electron chi connectivity index (χ2n) is 10.2. The van der Waals surface area contributed by atoms with Crippen LogP contribution in [0.3, 0.4) is 0 Å². The Bertz CT molecular complexity index is 999. The maximum atomic E-state index is 7.33. The molecule has 4 heteroatoms. The van der Waals surface area contributed by atoms with Crippen LogP contribution in [0.4, 0.5) is 0 Å². The van der Waals surface area contributed by atoms with E-state index in [0.717, 1.165) is 35.9 Å². The lowest BCUT2D eigenvalue weighted by Crippen LogP contribution is -2.67. The molecule has 1 fully saturated rings. The van der Waals surface area contributed by atoms with E-state index >= 15 is 0 Å². The molecule has 174 valence electrons. The lowest BCUT2D eigenvalue weighted by atomic mass is 9.95. The van der Waals surface area contributed by atoms with E-state index in [9.17, 15) is 0 Å². The zero-order chi connectivity index (χ0) is 23.5. The number of rotatable bonds is 6. The first-order chi connectivity index (χ1) is 15.8. The first-order valence-corrected chi connectivity index (χ1v) is 14.7. The molecular formula is C29H35BrO2Si. The van der Waals surface area contributed by atoms with Gasteiger partial charge >= 0.3 is 0 Å². The third kappa shape index (κ3) is 5.13. The highest BCUT2D eigenvalue weighted by molar-refractivity contribution is 9.10. The summed E-state index contributed by atoms with van der Waals surface area (Å²) in [4.78, 5) is 0. The van der Waals surface area contributed by atoms with Crippen LogP contribution in [0, 0.1) is 6.92 Å². The lowest BCUT2D eigenvalue weighted by Gasteiger charge is -2.46. The van der Waals surface area contributed by atoms with Crippen molar-refractivity contribution < 1.29 is 9.16 Å². The molecular weight excluding hydrogens is 488 g/mol. The SMILES string of the molecule is Cc1c(Br)cccc1OC1CCC(O[Si](c2ccccc2)(c2ccccc2)C(C)(C)C)CC1. The monoisotopic (exact) mass is 522 g/mol. The molecule has 0 aromatic heterocycles. The molecule has 1 saturated carbocycles. The van der Waals surface area contributed by atoms with Gasteiger partial charge in [-0.05, 0) is 60.2 Å². The predicted molar refractivity (Wildman–Crippen MR) is 144 cm³/mol. The van der Waals surface area contributed by atoms with Crippen molar-refractivity contribution in [2.75, 3.05) is 0 Å². The van der Waals surface area contributed by atoms with Crippen LogP contribution in [0.1, 0.15) is 52.0 Å². The van der Waals surface area contributed by atoms with Crippen LogP contribution in [-0.2, 0) is 4.43 Å². The quantitative estimate of drug-likeness (QED) is 0.323. The van der Waals surface area contributed by atoms with E-state index in [-0.39, 0.29) is 17.2 Å². The van der Waals surface area contributed by atoms with E-state index in [1.165, 1.54) is 15.9 Å². The zero-order valence-electron chi connectivity index (χ0n) is 20.2. The molecule has 2 nitrogen and oxygen atoms in total. The van der Waals surface area contributed by atoms with Crippen molar-refractivity contribution in [3.05, 3.63) is 88.9 Å². The third-order valence-corrected chi connectivity index (χ3v) is 12.8. The normalized spacial score (nSPS) is 19.3. The van der Waals surface area contributed by atoms with Crippen molar-refractivity contribution in [2.45, 2.75) is 70.6 Å². The number of hydrogen-bond donors (Lipinski definition) is 0. The van der Waals surface area contributed by atoms with E-state index in [4.69, 9.17) is 9.16 Å². The molecule has 4 rings (SSSR count). The summed E-state index contributed by atoms with van der Waals surface area (Å²) in [5.41, 5.74) is 1.17. The Morgan fingerprint density at radius 2 is 1.24 bits per heavy atom. The second-order valence-corrected chi connectivity index (χ2v) is 15.3. The number of halogens is 1. The van der Waals surface area contributed by atoms with E-state index < -0.39 is 8.32 Å². The van der Waals surface area contributed by atoms with Gasteiger partial charge in [-0.25, -0.2) is 0 Å². The van der Waals surface area contributed by atoms with Crippen molar-refractivity contribution >= 4 is 34.6 Å². The average Bonchev–Trinajstić information content (AvgIpc) is 2.82. The van der Waals surface area contributed by atoms with Crippen molar-refractivity contribution in [1.82, 2.24) is 0 Å². The highest BCUT2D eigenvalue weighted by Crippen LogP contribution is 2.39. The standard InChI is InChI=1S/C29H35BrO2Si/c1-22-27(30)16-11-17-28(22)31-23-18-20-24(21-19-23)32-33(29(2,3)4,25-12-7-5-8-13-25)26-14-9-6-10-15-26/h5-17,23-24H,18-21H2,1-4H3. The summed E-state index contributed by atoms with van der Waals surface area (Å²) >= 11 is 3.62. The van der Waals surface area contributed by atoms with Gasteiger partial charge in [-0.15, -0.1) is 0 Å². The molecule has 0 amide bonds. The maximum Gasteiger partial charge on any atom is 0.261 e. The fourth-order valence-corrected chi connectivity index (χ4v) is 10.2. The number of ether oxygens (including phenoxy) is 1. The highest BCUT2D eigenvalue weighted by Gasteiger charge is 2.51. The summed E-state index contributed by atoms with van der Waals surface area (Å²) in [6.07, 6.45) is 4.60. The lowest BCUT2D eigenvalue weighted by molar-refractivity contribution is 0.0747. The molecule has 0 bridgehead atoms. The number of hydrogen-bond acceptors (Lipinski definition) is 2. The van der Waals surface area contributed by atoms with Gasteiger partial charge in [0.05, 0.1) is 6.10 Å². The third-order valence-electron chi connectivity index (χ3n) is 6.89. The van der Waals surface area contributed by atoms with Gasteiger partial charge < -0.3 is 9.16 Å².